The van der Waals surface area contributed by atoms with Crippen LogP contribution in [0.25, 0.3) is 0 Å². The minimum absolute atomic E-state index is 0.137. The highest BCUT2D eigenvalue weighted by Gasteiger charge is 2.49. The molecule has 0 saturated heterocycles. The van der Waals surface area contributed by atoms with Gasteiger partial charge in [0.15, 0.2) is 11.6 Å². The molecule has 1 saturated carbocycles. The van der Waals surface area contributed by atoms with Crippen molar-refractivity contribution in [3.63, 3.8) is 0 Å². The van der Waals surface area contributed by atoms with E-state index in [4.69, 9.17) is 16.3 Å². The highest BCUT2D eigenvalue weighted by Crippen LogP contribution is 2.49. The summed E-state index contributed by atoms with van der Waals surface area (Å²) in [5.41, 5.74) is 2.48. The van der Waals surface area contributed by atoms with Crippen LogP contribution < -0.4 is 15.4 Å². The van der Waals surface area contributed by atoms with Gasteiger partial charge in [-0.15, -0.1) is 0 Å². The summed E-state index contributed by atoms with van der Waals surface area (Å²) in [5.74, 6) is -2.08. The van der Waals surface area contributed by atoms with E-state index in [1.807, 2.05) is 24.3 Å². The Morgan fingerprint density at radius 3 is 2.08 bits per heavy atom. The molecule has 1 heterocycles. The summed E-state index contributed by atoms with van der Waals surface area (Å²) in [6.45, 7) is 3.82. The number of carboxylic acid groups (broad SMARTS) is 1. The zero-order valence-corrected chi connectivity index (χ0v) is 22.2. The van der Waals surface area contributed by atoms with Gasteiger partial charge in [0, 0.05) is 23.1 Å². The SMILES string of the molecule is Cc1cc(OCC(C2CCCCC2)C2(c3ccc(Cl)cc3)Nc3cc(F)c(F)cc3N2)cc(C)c1C(=O)O. The van der Waals surface area contributed by atoms with Crippen LogP contribution in [-0.4, -0.2) is 17.7 Å². The van der Waals surface area contributed by atoms with E-state index in [9.17, 15) is 18.7 Å². The van der Waals surface area contributed by atoms with Crippen molar-refractivity contribution in [2.24, 2.45) is 11.8 Å². The summed E-state index contributed by atoms with van der Waals surface area (Å²) < 4.78 is 34.9. The second kappa shape index (κ2) is 10.4. The van der Waals surface area contributed by atoms with Gasteiger partial charge >= 0.3 is 5.97 Å². The van der Waals surface area contributed by atoms with Gasteiger partial charge < -0.3 is 20.5 Å². The molecular formula is C30H31ClF2N2O3. The van der Waals surface area contributed by atoms with E-state index in [1.165, 1.54) is 18.6 Å². The number of anilines is 2. The minimum Gasteiger partial charge on any atom is -0.493 e. The van der Waals surface area contributed by atoms with Crippen LogP contribution in [0.3, 0.4) is 0 Å². The Kier molecular flexibility index (Phi) is 7.23. The number of carboxylic acids is 1. The molecule has 38 heavy (non-hydrogen) atoms. The van der Waals surface area contributed by atoms with Crippen molar-refractivity contribution in [3.8, 4) is 5.75 Å². The van der Waals surface area contributed by atoms with Crippen LogP contribution >= 0.6 is 11.6 Å². The minimum atomic E-state index is -0.968. The van der Waals surface area contributed by atoms with Gasteiger partial charge in [-0.1, -0.05) is 43.0 Å². The Balaban J connectivity index is 1.56. The average molecular weight is 541 g/mol. The van der Waals surface area contributed by atoms with Gasteiger partial charge in [-0.25, -0.2) is 13.6 Å². The molecule has 1 fully saturated rings. The van der Waals surface area contributed by atoms with Gasteiger partial charge in [0.2, 0.25) is 0 Å². The molecule has 3 N–H and O–H groups in total. The molecule has 200 valence electrons. The molecule has 1 atom stereocenters. The van der Waals surface area contributed by atoms with E-state index in [-0.39, 0.29) is 17.4 Å². The average Bonchev–Trinajstić information content (AvgIpc) is 3.23. The van der Waals surface area contributed by atoms with Gasteiger partial charge in [0.1, 0.15) is 11.4 Å². The number of ether oxygens (including phenoxy) is 1. The summed E-state index contributed by atoms with van der Waals surface area (Å²) in [6.07, 6.45) is 5.37. The number of aromatic carboxylic acids is 1. The topological polar surface area (TPSA) is 70.6 Å². The zero-order valence-electron chi connectivity index (χ0n) is 21.4. The van der Waals surface area contributed by atoms with Crippen LogP contribution in [-0.2, 0) is 5.66 Å². The molecule has 0 amide bonds. The van der Waals surface area contributed by atoms with E-state index >= 15 is 0 Å². The van der Waals surface area contributed by atoms with Crippen molar-refractivity contribution in [2.75, 3.05) is 17.2 Å². The van der Waals surface area contributed by atoms with Crippen molar-refractivity contribution < 1.29 is 23.4 Å². The Hall–Kier alpha value is -3.32. The number of nitrogens with one attached hydrogen (secondary N) is 2. The van der Waals surface area contributed by atoms with E-state index in [1.54, 1.807) is 26.0 Å². The highest BCUT2D eigenvalue weighted by molar-refractivity contribution is 6.30. The second-order valence-electron chi connectivity index (χ2n) is 10.4. The number of hydrogen-bond donors (Lipinski definition) is 3. The predicted molar refractivity (Wildman–Crippen MR) is 145 cm³/mol. The molecule has 1 unspecified atom stereocenters. The van der Waals surface area contributed by atoms with Crippen molar-refractivity contribution in [1.82, 2.24) is 0 Å². The fraction of sp³-hybridized carbons (Fsp3) is 0.367. The lowest BCUT2D eigenvalue weighted by atomic mass is 9.72. The van der Waals surface area contributed by atoms with E-state index in [0.29, 0.717) is 39.9 Å². The maximum absolute atomic E-state index is 14.2. The van der Waals surface area contributed by atoms with Crippen LogP contribution in [0, 0.1) is 37.3 Å². The summed E-state index contributed by atoms with van der Waals surface area (Å²) in [6, 6.07) is 13.3. The molecular weight excluding hydrogens is 510 g/mol. The monoisotopic (exact) mass is 540 g/mol. The molecule has 0 spiro atoms. The van der Waals surface area contributed by atoms with Gasteiger partial charge in [-0.3, -0.25) is 0 Å². The van der Waals surface area contributed by atoms with Crippen LogP contribution in [0.15, 0.2) is 48.5 Å². The van der Waals surface area contributed by atoms with Crippen LogP contribution in [0.4, 0.5) is 20.2 Å². The molecule has 2 aliphatic rings. The molecule has 5 nitrogen and oxygen atoms in total. The van der Waals surface area contributed by atoms with E-state index < -0.39 is 23.3 Å². The molecule has 8 heteroatoms. The Morgan fingerprint density at radius 1 is 1.00 bits per heavy atom. The van der Waals surface area contributed by atoms with Gasteiger partial charge in [0.05, 0.1) is 23.5 Å². The summed E-state index contributed by atoms with van der Waals surface area (Å²) in [7, 11) is 0. The number of carbonyl (C=O) groups is 1. The van der Waals surface area contributed by atoms with Gasteiger partial charge in [-0.2, -0.15) is 0 Å². The third kappa shape index (κ3) is 4.92. The quantitative estimate of drug-likeness (QED) is 0.284. The van der Waals surface area contributed by atoms with Crippen molar-refractivity contribution in [3.05, 3.63) is 87.4 Å². The second-order valence-corrected chi connectivity index (χ2v) is 10.9. The smallest absolute Gasteiger partial charge is 0.336 e. The van der Waals surface area contributed by atoms with Crippen molar-refractivity contribution in [1.29, 1.82) is 0 Å². The van der Waals surface area contributed by atoms with Crippen LogP contribution in [0.1, 0.15) is 59.2 Å². The summed E-state index contributed by atoms with van der Waals surface area (Å²) >= 11 is 6.22. The van der Waals surface area contributed by atoms with E-state index in [2.05, 4.69) is 10.6 Å². The first-order valence-electron chi connectivity index (χ1n) is 13.0. The van der Waals surface area contributed by atoms with Crippen molar-refractivity contribution >= 4 is 28.9 Å². The van der Waals surface area contributed by atoms with Crippen LogP contribution in [0.2, 0.25) is 5.02 Å². The molecule has 3 aromatic rings. The first-order chi connectivity index (χ1) is 18.2. The predicted octanol–water partition coefficient (Wildman–Crippen LogP) is 7.90. The third-order valence-electron chi connectivity index (χ3n) is 7.95. The lowest BCUT2D eigenvalue weighted by Crippen LogP contribution is -2.51. The fourth-order valence-electron chi connectivity index (χ4n) is 6.15. The molecule has 0 aromatic heterocycles. The largest absolute Gasteiger partial charge is 0.493 e. The Morgan fingerprint density at radius 2 is 1.55 bits per heavy atom. The number of benzene rings is 3. The molecule has 3 aromatic carbocycles. The lowest BCUT2D eigenvalue weighted by Gasteiger charge is -2.44. The number of halogens is 3. The zero-order chi connectivity index (χ0) is 27.0. The molecule has 0 radical (unpaired) electrons. The number of hydrogen-bond acceptors (Lipinski definition) is 4. The molecule has 1 aliphatic carbocycles. The normalized spacial score (nSPS) is 17.3. The molecule has 5 rings (SSSR count). The number of aryl methyl sites for hydroxylation is 2. The molecule has 0 bridgehead atoms. The van der Waals surface area contributed by atoms with Gasteiger partial charge in [-0.05, 0) is 73.6 Å². The van der Waals surface area contributed by atoms with E-state index in [0.717, 1.165) is 31.2 Å². The third-order valence-corrected chi connectivity index (χ3v) is 8.20. The fourth-order valence-corrected chi connectivity index (χ4v) is 6.27. The molecule has 1 aliphatic heterocycles. The summed E-state index contributed by atoms with van der Waals surface area (Å²) in [4.78, 5) is 11.7. The Labute approximate surface area is 226 Å². The van der Waals surface area contributed by atoms with Crippen LogP contribution in [0.5, 0.6) is 5.75 Å². The standard InChI is InChI=1S/C30H31ClF2N2O3/c1-17-12-22(13-18(2)28(17)29(36)37)38-16-23(19-6-4-3-5-7-19)30(20-8-10-21(31)11-9-20)34-26-14-24(32)25(33)15-27(26)35-30/h8-15,19,23,34-35H,3-7,16H2,1-2H3,(H,36,37). The highest BCUT2D eigenvalue weighted by atomic mass is 35.5. The van der Waals surface area contributed by atoms with Crippen molar-refractivity contribution in [2.45, 2.75) is 51.6 Å². The Bertz CT molecular complexity index is 1300. The summed E-state index contributed by atoms with van der Waals surface area (Å²) in [5, 5.41) is 17.2. The first-order valence-corrected chi connectivity index (χ1v) is 13.3. The first kappa shape index (κ1) is 26.3. The lowest BCUT2D eigenvalue weighted by molar-refractivity contribution is 0.0695. The number of fused-ring (bicyclic) bond motifs is 1. The maximum Gasteiger partial charge on any atom is 0.336 e. The number of rotatable bonds is 7. The van der Waals surface area contributed by atoms with Gasteiger partial charge in [0.25, 0.3) is 0 Å². The maximum atomic E-state index is 14.2.